The van der Waals surface area contributed by atoms with Crippen molar-refractivity contribution < 1.29 is 14.3 Å². The van der Waals surface area contributed by atoms with E-state index in [0.717, 1.165) is 0 Å². The summed E-state index contributed by atoms with van der Waals surface area (Å²) in [4.78, 5) is 22.3. The van der Waals surface area contributed by atoms with E-state index >= 15 is 0 Å². The lowest BCUT2D eigenvalue weighted by Gasteiger charge is -2.06. The first-order valence-corrected chi connectivity index (χ1v) is 5.93. The molecule has 1 heterocycles. The van der Waals surface area contributed by atoms with Crippen molar-refractivity contribution in [3.63, 3.8) is 0 Å². The fourth-order valence-electron chi connectivity index (χ4n) is 1.62. The summed E-state index contributed by atoms with van der Waals surface area (Å²) in [6.45, 7) is 2.22. The molecule has 2 amide bonds. The predicted molar refractivity (Wildman–Crippen MR) is 69.3 cm³/mol. The Bertz CT molecular complexity index is 469. The summed E-state index contributed by atoms with van der Waals surface area (Å²) in [5, 5.41) is 6.79. The molecule has 0 aliphatic carbocycles. The van der Waals surface area contributed by atoms with Crippen molar-refractivity contribution in [2.45, 2.75) is 13.3 Å². The van der Waals surface area contributed by atoms with Crippen LogP contribution in [0.1, 0.15) is 23.1 Å². The molecule has 0 aromatic carbocycles. The standard InChI is InChI=1S/C11H19N5O3/c1-3-7-9(13)10(16(2)15-7)11(18)14-4-5-19-6-8(12)17/h3-6,13H2,1-2H3,(H2,12,17)(H,14,18). The Labute approximate surface area is 111 Å². The zero-order valence-electron chi connectivity index (χ0n) is 11.1. The Hall–Kier alpha value is -2.09. The van der Waals surface area contributed by atoms with E-state index in [0.29, 0.717) is 23.5 Å². The molecule has 0 saturated heterocycles. The predicted octanol–water partition coefficient (Wildman–Crippen LogP) is -1.20. The molecule has 8 heteroatoms. The van der Waals surface area contributed by atoms with Gasteiger partial charge in [-0.25, -0.2) is 0 Å². The maximum atomic E-state index is 11.9. The van der Waals surface area contributed by atoms with Crippen LogP contribution in [0.25, 0.3) is 0 Å². The van der Waals surface area contributed by atoms with E-state index < -0.39 is 5.91 Å². The SMILES string of the molecule is CCc1nn(C)c(C(=O)NCCOCC(N)=O)c1N. The molecule has 0 atom stereocenters. The van der Waals surface area contributed by atoms with Crippen LogP contribution in [-0.2, 0) is 23.0 Å². The van der Waals surface area contributed by atoms with Crippen LogP contribution in [0.5, 0.6) is 0 Å². The molecule has 0 aliphatic heterocycles. The molecule has 19 heavy (non-hydrogen) atoms. The number of hydrogen-bond donors (Lipinski definition) is 3. The van der Waals surface area contributed by atoms with Gasteiger partial charge in [-0.1, -0.05) is 6.92 Å². The van der Waals surface area contributed by atoms with Crippen molar-refractivity contribution in [3.05, 3.63) is 11.4 Å². The zero-order chi connectivity index (χ0) is 14.4. The molecule has 0 aliphatic rings. The summed E-state index contributed by atoms with van der Waals surface area (Å²) in [7, 11) is 1.66. The number of carbonyl (C=O) groups excluding carboxylic acids is 2. The largest absolute Gasteiger partial charge is 0.395 e. The topological polar surface area (TPSA) is 125 Å². The molecule has 0 bridgehead atoms. The van der Waals surface area contributed by atoms with Gasteiger partial charge in [0.05, 0.1) is 18.0 Å². The van der Waals surface area contributed by atoms with Crippen molar-refractivity contribution in [3.8, 4) is 0 Å². The normalized spacial score (nSPS) is 10.4. The number of anilines is 1. The quantitative estimate of drug-likeness (QED) is 0.536. The molecule has 1 aromatic rings. The Balaban J connectivity index is 2.50. The number of ether oxygens (including phenoxy) is 1. The van der Waals surface area contributed by atoms with E-state index in [2.05, 4.69) is 10.4 Å². The lowest BCUT2D eigenvalue weighted by atomic mass is 10.2. The Morgan fingerprint density at radius 3 is 2.68 bits per heavy atom. The first kappa shape index (κ1) is 15.0. The number of amides is 2. The van der Waals surface area contributed by atoms with Crippen LogP contribution in [-0.4, -0.2) is 41.4 Å². The second-order valence-electron chi connectivity index (χ2n) is 3.96. The molecular formula is C11H19N5O3. The number of nitrogen functional groups attached to an aromatic ring is 1. The maximum absolute atomic E-state index is 11.9. The molecule has 106 valence electrons. The highest BCUT2D eigenvalue weighted by Crippen LogP contribution is 2.16. The minimum atomic E-state index is -0.546. The molecule has 8 nitrogen and oxygen atoms in total. The van der Waals surface area contributed by atoms with Gasteiger partial charge in [0.15, 0.2) is 0 Å². The highest BCUT2D eigenvalue weighted by Gasteiger charge is 2.18. The third-order valence-electron chi connectivity index (χ3n) is 2.49. The van der Waals surface area contributed by atoms with Crippen molar-refractivity contribution >= 4 is 17.5 Å². The van der Waals surface area contributed by atoms with Crippen LogP contribution in [0.15, 0.2) is 0 Å². The van der Waals surface area contributed by atoms with Crippen molar-refractivity contribution in [2.24, 2.45) is 12.8 Å². The molecule has 1 aromatic heterocycles. The Kier molecular flexibility index (Phi) is 5.31. The van der Waals surface area contributed by atoms with Gasteiger partial charge in [0.1, 0.15) is 12.3 Å². The van der Waals surface area contributed by atoms with Gasteiger partial charge in [-0.2, -0.15) is 5.10 Å². The van der Waals surface area contributed by atoms with E-state index in [4.69, 9.17) is 16.2 Å². The third-order valence-corrected chi connectivity index (χ3v) is 2.49. The van der Waals surface area contributed by atoms with E-state index in [1.807, 2.05) is 6.92 Å². The average Bonchev–Trinajstić information content (AvgIpc) is 2.63. The highest BCUT2D eigenvalue weighted by atomic mass is 16.5. The highest BCUT2D eigenvalue weighted by molar-refractivity contribution is 5.97. The second-order valence-corrected chi connectivity index (χ2v) is 3.96. The number of carbonyl (C=O) groups is 2. The third kappa shape index (κ3) is 3.95. The average molecular weight is 269 g/mol. The summed E-state index contributed by atoms with van der Waals surface area (Å²) in [6, 6.07) is 0. The molecule has 5 N–H and O–H groups in total. The number of primary amides is 1. The summed E-state index contributed by atoms with van der Waals surface area (Å²) >= 11 is 0. The molecule has 0 saturated carbocycles. The Morgan fingerprint density at radius 1 is 1.47 bits per heavy atom. The summed E-state index contributed by atoms with van der Waals surface area (Å²) in [5.41, 5.74) is 12.2. The van der Waals surface area contributed by atoms with Gasteiger partial charge in [0.2, 0.25) is 5.91 Å². The van der Waals surface area contributed by atoms with Gasteiger partial charge >= 0.3 is 0 Å². The van der Waals surface area contributed by atoms with Gasteiger partial charge in [-0.3, -0.25) is 14.3 Å². The lowest BCUT2D eigenvalue weighted by molar-refractivity contribution is -0.122. The number of nitrogens with zero attached hydrogens (tertiary/aromatic N) is 2. The number of rotatable bonds is 7. The van der Waals surface area contributed by atoms with Gasteiger partial charge < -0.3 is 21.5 Å². The molecule has 0 spiro atoms. The van der Waals surface area contributed by atoms with Gasteiger partial charge in [-0.15, -0.1) is 0 Å². The molecule has 0 radical (unpaired) electrons. The molecule has 0 unspecified atom stereocenters. The van der Waals surface area contributed by atoms with E-state index in [1.165, 1.54) is 4.68 Å². The van der Waals surface area contributed by atoms with Crippen LogP contribution in [0.2, 0.25) is 0 Å². The zero-order valence-corrected chi connectivity index (χ0v) is 11.1. The maximum Gasteiger partial charge on any atom is 0.271 e. The first-order valence-electron chi connectivity index (χ1n) is 5.93. The van der Waals surface area contributed by atoms with Gasteiger partial charge in [0, 0.05) is 13.6 Å². The fraction of sp³-hybridized carbons (Fsp3) is 0.545. The molecule has 1 rings (SSSR count). The van der Waals surface area contributed by atoms with Crippen molar-refractivity contribution in [1.29, 1.82) is 0 Å². The smallest absolute Gasteiger partial charge is 0.271 e. The monoisotopic (exact) mass is 269 g/mol. The van der Waals surface area contributed by atoms with Crippen LogP contribution in [0.3, 0.4) is 0 Å². The van der Waals surface area contributed by atoms with Crippen LogP contribution in [0.4, 0.5) is 5.69 Å². The van der Waals surface area contributed by atoms with Gasteiger partial charge in [0.25, 0.3) is 5.91 Å². The van der Waals surface area contributed by atoms with E-state index in [1.54, 1.807) is 7.05 Å². The molecular weight excluding hydrogens is 250 g/mol. The van der Waals surface area contributed by atoms with Crippen LogP contribution < -0.4 is 16.8 Å². The minimum Gasteiger partial charge on any atom is -0.395 e. The van der Waals surface area contributed by atoms with E-state index in [9.17, 15) is 9.59 Å². The lowest BCUT2D eigenvalue weighted by Crippen LogP contribution is -2.30. The minimum absolute atomic E-state index is 0.163. The summed E-state index contributed by atoms with van der Waals surface area (Å²) in [6.07, 6.45) is 0.661. The van der Waals surface area contributed by atoms with Crippen LogP contribution in [0, 0.1) is 0 Å². The van der Waals surface area contributed by atoms with Crippen LogP contribution >= 0.6 is 0 Å². The van der Waals surface area contributed by atoms with Crippen molar-refractivity contribution in [2.75, 3.05) is 25.5 Å². The number of nitrogens with one attached hydrogen (secondary N) is 1. The Morgan fingerprint density at radius 2 is 2.16 bits per heavy atom. The number of aromatic nitrogens is 2. The fourth-order valence-corrected chi connectivity index (χ4v) is 1.62. The van der Waals surface area contributed by atoms with E-state index in [-0.39, 0.29) is 25.7 Å². The number of nitrogens with two attached hydrogens (primary N) is 2. The molecule has 0 fully saturated rings. The van der Waals surface area contributed by atoms with Crippen molar-refractivity contribution in [1.82, 2.24) is 15.1 Å². The summed E-state index contributed by atoms with van der Waals surface area (Å²) < 4.78 is 6.38. The van der Waals surface area contributed by atoms with Gasteiger partial charge in [-0.05, 0) is 6.42 Å². The first-order chi connectivity index (χ1) is 8.97. The number of hydrogen-bond acceptors (Lipinski definition) is 5. The second kappa shape index (κ2) is 6.74. The number of aryl methyl sites for hydroxylation is 2. The summed E-state index contributed by atoms with van der Waals surface area (Å²) in [5.74, 6) is -0.871.